The molecule has 0 aromatic heterocycles. The topological polar surface area (TPSA) is 62.3 Å². The lowest BCUT2D eigenvalue weighted by atomic mass is 9.68. The lowest BCUT2D eigenvalue weighted by Gasteiger charge is -2.51. The average molecular weight is 508 g/mol. The molecule has 1 spiro atoms. The van der Waals surface area contributed by atoms with Crippen LogP contribution in [0.2, 0.25) is 0 Å². The highest BCUT2D eigenvalue weighted by molar-refractivity contribution is 5.70. The van der Waals surface area contributed by atoms with Crippen molar-refractivity contribution in [3.63, 3.8) is 0 Å². The van der Waals surface area contributed by atoms with Crippen molar-refractivity contribution < 1.29 is 19.1 Å². The first-order chi connectivity index (χ1) is 18.1. The van der Waals surface area contributed by atoms with Crippen LogP contribution in [0, 0.1) is 0 Å². The second kappa shape index (κ2) is 9.48. The lowest BCUT2D eigenvalue weighted by Crippen LogP contribution is -2.58. The molecule has 4 aliphatic heterocycles. The number of carbonyl (C=O) groups excluding carboxylic acids is 2. The van der Waals surface area contributed by atoms with Gasteiger partial charge in [-0.05, 0) is 101 Å². The summed E-state index contributed by atoms with van der Waals surface area (Å²) in [5.41, 5.74) is 2.73. The second-order valence-corrected chi connectivity index (χ2v) is 12.6. The van der Waals surface area contributed by atoms with Crippen molar-refractivity contribution in [1.82, 2.24) is 14.7 Å². The first-order valence-electron chi connectivity index (χ1n) is 14.8. The molecular formula is C30H41N3O4. The van der Waals surface area contributed by atoms with E-state index in [4.69, 9.17) is 9.47 Å². The van der Waals surface area contributed by atoms with Gasteiger partial charge >= 0.3 is 12.2 Å². The Labute approximate surface area is 220 Å². The zero-order chi connectivity index (χ0) is 25.0. The van der Waals surface area contributed by atoms with E-state index in [1.54, 1.807) is 0 Å². The van der Waals surface area contributed by atoms with Crippen molar-refractivity contribution in [2.75, 3.05) is 19.6 Å². The molecule has 7 heteroatoms. The number of piperidine rings is 2. The summed E-state index contributed by atoms with van der Waals surface area (Å²) in [5, 5.41) is 0. The zero-order valence-corrected chi connectivity index (χ0v) is 22.0. The Morgan fingerprint density at radius 3 is 2.03 bits per heavy atom. The third-order valence-corrected chi connectivity index (χ3v) is 10.5. The molecule has 4 heterocycles. The highest BCUT2D eigenvalue weighted by Gasteiger charge is 2.49. The molecule has 3 saturated heterocycles. The Morgan fingerprint density at radius 2 is 1.41 bits per heavy atom. The van der Waals surface area contributed by atoms with Gasteiger partial charge in [0.15, 0.2) is 0 Å². The fourth-order valence-electron chi connectivity index (χ4n) is 7.90. The minimum absolute atomic E-state index is 0.0102. The molecule has 2 saturated carbocycles. The Bertz CT molecular complexity index is 1020. The van der Waals surface area contributed by atoms with E-state index in [0.717, 1.165) is 83.8 Å². The third kappa shape index (κ3) is 4.31. The monoisotopic (exact) mass is 507 g/mol. The predicted octanol–water partition coefficient (Wildman–Crippen LogP) is 5.21. The molecule has 1 aromatic carbocycles. The summed E-state index contributed by atoms with van der Waals surface area (Å²) in [4.78, 5) is 32.7. The summed E-state index contributed by atoms with van der Waals surface area (Å²) >= 11 is 0. The number of hydrogen-bond donors (Lipinski definition) is 0. The van der Waals surface area contributed by atoms with Crippen LogP contribution in [0.25, 0.3) is 0 Å². The first kappa shape index (κ1) is 23.8. The lowest BCUT2D eigenvalue weighted by molar-refractivity contribution is -0.0108. The number of carbonyl (C=O) groups is 2. The summed E-state index contributed by atoms with van der Waals surface area (Å²) in [6.07, 6.45) is 13.0. The molecule has 2 atom stereocenters. The number of benzene rings is 1. The molecule has 2 bridgehead atoms. The first-order valence-corrected chi connectivity index (χ1v) is 14.8. The van der Waals surface area contributed by atoms with E-state index in [1.807, 2.05) is 4.90 Å². The fraction of sp³-hybridized carbons (Fsp3) is 0.733. The Morgan fingerprint density at radius 1 is 0.784 bits per heavy atom. The number of fused-ring (bicyclic) bond motifs is 4. The smallest absolute Gasteiger partial charge is 0.410 e. The molecule has 200 valence electrons. The van der Waals surface area contributed by atoms with Gasteiger partial charge in [-0.2, -0.15) is 0 Å². The maximum Gasteiger partial charge on any atom is 0.410 e. The predicted molar refractivity (Wildman–Crippen MR) is 139 cm³/mol. The second-order valence-electron chi connectivity index (χ2n) is 12.6. The fourth-order valence-corrected chi connectivity index (χ4v) is 7.90. The largest absolute Gasteiger partial charge is 0.446 e. The minimum Gasteiger partial charge on any atom is -0.446 e. The van der Waals surface area contributed by atoms with E-state index in [0.29, 0.717) is 24.7 Å². The molecule has 37 heavy (non-hydrogen) atoms. The van der Waals surface area contributed by atoms with Gasteiger partial charge in [-0.3, -0.25) is 0 Å². The Kier molecular flexibility index (Phi) is 6.10. The molecule has 2 amide bonds. The van der Waals surface area contributed by atoms with Crippen molar-refractivity contribution in [2.45, 2.75) is 119 Å². The summed E-state index contributed by atoms with van der Waals surface area (Å²) in [7, 11) is 0. The van der Waals surface area contributed by atoms with E-state index in [-0.39, 0.29) is 29.8 Å². The van der Waals surface area contributed by atoms with Crippen molar-refractivity contribution in [3.05, 3.63) is 35.4 Å². The molecule has 0 radical (unpaired) electrons. The van der Waals surface area contributed by atoms with E-state index in [1.165, 1.54) is 24.0 Å². The van der Waals surface area contributed by atoms with Crippen LogP contribution in [0.4, 0.5) is 9.59 Å². The average Bonchev–Trinajstić information content (AvgIpc) is 3.13. The van der Waals surface area contributed by atoms with E-state index in [2.05, 4.69) is 34.1 Å². The van der Waals surface area contributed by atoms with Crippen LogP contribution in [0.1, 0.15) is 88.2 Å². The standard InChI is InChI=1S/C30H41N3O4/c34-28(36-25-6-3-7-25)32-19-21-5-1-2-10-27(21)30(20-32)13-15-31(16-14-30)24-17-22-11-12-23(18-24)33(22)29(35)37-26-8-4-9-26/h1-2,5,10,22-26H,3-4,6-9,11-20H2. The quantitative estimate of drug-likeness (QED) is 0.562. The molecule has 6 aliphatic rings. The number of hydrogen-bond acceptors (Lipinski definition) is 5. The number of nitrogens with zero attached hydrogens (tertiary/aromatic N) is 3. The van der Waals surface area contributed by atoms with Crippen LogP contribution < -0.4 is 0 Å². The highest BCUT2D eigenvalue weighted by atomic mass is 16.6. The van der Waals surface area contributed by atoms with Crippen LogP contribution in [0.15, 0.2) is 24.3 Å². The normalized spacial score (nSPS) is 31.4. The van der Waals surface area contributed by atoms with Gasteiger partial charge in [0.2, 0.25) is 0 Å². The molecule has 5 fully saturated rings. The molecule has 1 aromatic rings. The molecule has 2 aliphatic carbocycles. The highest BCUT2D eigenvalue weighted by Crippen LogP contribution is 2.45. The third-order valence-electron chi connectivity index (χ3n) is 10.5. The number of likely N-dealkylation sites (tertiary alicyclic amines) is 1. The Hall–Kier alpha value is -2.28. The number of ether oxygens (including phenoxy) is 2. The summed E-state index contributed by atoms with van der Waals surface area (Å²) in [6.45, 7) is 3.53. The summed E-state index contributed by atoms with van der Waals surface area (Å²) < 4.78 is 11.6. The van der Waals surface area contributed by atoms with Gasteiger partial charge in [-0.1, -0.05) is 24.3 Å². The van der Waals surface area contributed by atoms with Crippen LogP contribution in [0.5, 0.6) is 0 Å². The van der Waals surface area contributed by atoms with Crippen LogP contribution in [-0.2, 0) is 21.4 Å². The van der Waals surface area contributed by atoms with Crippen molar-refractivity contribution >= 4 is 12.2 Å². The molecule has 7 rings (SSSR count). The van der Waals surface area contributed by atoms with E-state index >= 15 is 0 Å². The maximum absolute atomic E-state index is 13.1. The zero-order valence-electron chi connectivity index (χ0n) is 22.0. The van der Waals surface area contributed by atoms with Crippen LogP contribution in [0.3, 0.4) is 0 Å². The number of rotatable bonds is 3. The van der Waals surface area contributed by atoms with Crippen LogP contribution in [-0.4, -0.2) is 76.9 Å². The van der Waals surface area contributed by atoms with Gasteiger partial charge < -0.3 is 24.2 Å². The van der Waals surface area contributed by atoms with Gasteiger partial charge in [0.05, 0.1) is 0 Å². The molecular weight excluding hydrogens is 466 g/mol. The molecule has 0 N–H and O–H groups in total. The van der Waals surface area contributed by atoms with Crippen molar-refractivity contribution in [3.8, 4) is 0 Å². The molecule has 2 unspecified atom stereocenters. The summed E-state index contributed by atoms with van der Waals surface area (Å²) in [5.74, 6) is 0. The van der Waals surface area contributed by atoms with Gasteiger partial charge in [0, 0.05) is 36.6 Å². The van der Waals surface area contributed by atoms with E-state index in [9.17, 15) is 9.59 Å². The Balaban J connectivity index is 1.01. The summed E-state index contributed by atoms with van der Waals surface area (Å²) in [6, 6.07) is 9.96. The maximum atomic E-state index is 13.1. The number of amides is 2. The van der Waals surface area contributed by atoms with Gasteiger partial charge in [-0.25, -0.2) is 9.59 Å². The molecule has 7 nitrogen and oxygen atoms in total. The van der Waals surface area contributed by atoms with Crippen LogP contribution >= 0.6 is 0 Å². The SMILES string of the molecule is O=C(OC1CCC1)N1Cc2ccccc2C2(CCN(C3CC4CCC(C3)N4C(=O)OC3CCC3)CC2)C1. The van der Waals surface area contributed by atoms with Gasteiger partial charge in [0.1, 0.15) is 12.2 Å². The van der Waals surface area contributed by atoms with Crippen molar-refractivity contribution in [1.29, 1.82) is 0 Å². The van der Waals surface area contributed by atoms with E-state index < -0.39 is 0 Å². The van der Waals surface area contributed by atoms with Crippen molar-refractivity contribution in [2.24, 2.45) is 0 Å². The van der Waals surface area contributed by atoms with Gasteiger partial charge in [-0.15, -0.1) is 0 Å². The van der Waals surface area contributed by atoms with Gasteiger partial charge in [0.25, 0.3) is 0 Å². The minimum atomic E-state index is -0.126.